The van der Waals surface area contributed by atoms with Crippen LogP contribution in [0.25, 0.3) is 10.6 Å². The first kappa shape index (κ1) is 21.5. The highest BCUT2D eigenvalue weighted by molar-refractivity contribution is 7.13. The molecule has 2 saturated heterocycles. The highest BCUT2D eigenvalue weighted by Crippen LogP contribution is 2.29. The van der Waals surface area contributed by atoms with Crippen molar-refractivity contribution in [1.29, 1.82) is 0 Å². The topological polar surface area (TPSA) is 114 Å². The Kier molecular flexibility index (Phi) is 6.03. The van der Waals surface area contributed by atoms with E-state index in [2.05, 4.69) is 25.9 Å². The third-order valence-corrected chi connectivity index (χ3v) is 6.56. The molecule has 3 N–H and O–H groups in total. The number of carbonyl (C=O) groups is 2. The van der Waals surface area contributed by atoms with Crippen LogP contribution < -0.4 is 16.0 Å². The number of aromatic nitrogens is 2. The Morgan fingerprint density at radius 1 is 1.03 bits per heavy atom. The Labute approximate surface area is 194 Å². The largest absolute Gasteiger partial charge is 0.371 e. The van der Waals surface area contributed by atoms with Gasteiger partial charge >= 0.3 is 6.03 Å². The Bertz CT molecular complexity index is 1140. The number of Topliss-reactive ketones (excluding diaryl/α,β-unsaturated/α-hetero) is 1. The van der Waals surface area contributed by atoms with Crippen molar-refractivity contribution in [3.8, 4) is 10.6 Å². The van der Waals surface area contributed by atoms with Crippen molar-refractivity contribution in [2.24, 2.45) is 0 Å². The zero-order valence-corrected chi connectivity index (χ0v) is 18.7. The Hall–Kier alpha value is -3.34. The van der Waals surface area contributed by atoms with Crippen molar-refractivity contribution in [1.82, 2.24) is 15.3 Å². The van der Waals surface area contributed by atoms with Crippen molar-refractivity contribution in [3.63, 3.8) is 0 Å². The number of amides is 2. The monoisotopic (exact) mass is 465 g/mol. The molecule has 170 valence electrons. The molecule has 0 saturated carbocycles. The van der Waals surface area contributed by atoms with E-state index in [0.29, 0.717) is 30.4 Å². The molecule has 2 aliphatic rings. The summed E-state index contributed by atoms with van der Waals surface area (Å²) in [6, 6.07) is 11.9. The summed E-state index contributed by atoms with van der Waals surface area (Å²) in [6.07, 6.45) is 1.23. The van der Waals surface area contributed by atoms with Crippen LogP contribution in [0, 0.1) is 0 Å². The maximum Gasteiger partial charge on any atom is 0.319 e. The fraction of sp³-hybridized carbons (Fsp3) is 0.304. The van der Waals surface area contributed by atoms with Gasteiger partial charge in [0.1, 0.15) is 12.2 Å². The van der Waals surface area contributed by atoms with Crippen LogP contribution in [-0.4, -0.2) is 59.3 Å². The van der Waals surface area contributed by atoms with Gasteiger partial charge in [-0.1, -0.05) is 6.07 Å². The molecule has 0 aliphatic carbocycles. The zero-order valence-electron chi connectivity index (χ0n) is 17.9. The van der Waals surface area contributed by atoms with Crippen LogP contribution in [0.15, 0.2) is 54.0 Å². The number of fused-ring (bicyclic) bond motifs is 1. The molecule has 0 radical (unpaired) electrons. The predicted octanol–water partition coefficient (Wildman–Crippen LogP) is 3.18. The molecule has 4 heterocycles. The molecule has 2 fully saturated rings. The lowest BCUT2D eigenvalue weighted by atomic mass is 10.1. The van der Waals surface area contributed by atoms with Gasteiger partial charge in [-0.3, -0.25) is 4.79 Å². The third-order valence-electron chi connectivity index (χ3n) is 5.66. The van der Waals surface area contributed by atoms with Gasteiger partial charge in [-0.2, -0.15) is 0 Å². The van der Waals surface area contributed by atoms with E-state index in [0.717, 1.165) is 10.6 Å². The van der Waals surface area contributed by atoms with E-state index in [1.54, 1.807) is 41.8 Å². The fourth-order valence-electron chi connectivity index (χ4n) is 4.03. The van der Waals surface area contributed by atoms with Crippen molar-refractivity contribution < 1.29 is 19.1 Å². The molecule has 33 heavy (non-hydrogen) atoms. The Morgan fingerprint density at radius 2 is 1.79 bits per heavy atom. The maximum absolute atomic E-state index is 12.5. The first-order valence-corrected chi connectivity index (χ1v) is 11.5. The smallest absolute Gasteiger partial charge is 0.319 e. The molecule has 1 aromatic carbocycles. The van der Waals surface area contributed by atoms with Gasteiger partial charge in [0.2, 0.25) is 5.95 Å². The number of anilines is 2. The number of benzene rings is 1. The lowest BCUT2D eigenvalue weighted by molar-refractivity contribution is 0.0683. The molecule has 9 nitrogen and oxygen atoms in total. The predicted molar refractivity (Wildman–Crippen MR) is 125 cm³/mol. The minimum atomic E-state index is -0.355. The van der Waals surface area contributed by atoms with Crippen molar-refractivity contribution in [2.45, 2.75) is 31.2 Å². The number of nitrogens with zero attached hydrogens (tertiary/aromatic N) is 2. The van der Waals surface area contributed by atoms with E-state index in [1.165, 1.54) is 6.92 Å². The molecule has 4 atom stereocenters. The lowest BCUT2D eigenvalue weighted by Gasteiger charge is -2.18. The van der Waals surface area contributed by atoms with Crippen LogP contribution in [-0.2, 0) is 9.47 Å². The fourth-order valence-corrected chi connectivity index (χ4v) is 4.72. The van der Waals surface area contributed by atoms with Crippen LogP contribution in [0.1, 0.15) is 17.3 Å². The van der Waals surface area contributed by atoms with Crippen molar-refractivity contribution >= 4 is 34.8 Å². The number of hydrogen-bond donors (Lipinski definition) is 3. The highest BCUT2D eigenvalue weighted by Gasteiger charge is 2.48. The SMILES string of the molecule is CC(=O)c1ccc(NC(=O)N[C@H]2CO[C@H]3[C@@H]2OC[C@@H]3Nc2nccc(-c3cccs3)n2)cc1. The Balaban J connectivity index is 1.17. The minimum Gasteiger partial charge on any atom is -0.371 e. The quantitative estimate of drug-likeness (QED) is 0.479. The molecule has 0 spiro atoms. The Morgan fingerprint density at radius 3 is 2.52 bits per heavy atom. The molecular formula is C23H23N5O4S. The van der Waals surface area contributed by atoms with Gasteiger partial charge in [-0.25, -0.2) is 14.8 Å². The summed E-state index contributed by atoms with van der Waals surface area (Å²) >= 11 is 1.62. The van der Waals surface area contributed by atoms with E-state index >= 15 is 0 Å². The number of urea groups is 1. The number of carbonyl (C=O) groups excluding carboxylic acids is 2. The number of ketones is 1. The number of nitrogens with one attached hydrogen (secondary N) is 3. The van der Waals surface area contributed by atoms with Gasteiger partial charge in [0.25, 0.3) is 0 Å². The third kappa shape index (κ3) is 4.72. The average molecular weight is 466 g/mol. The van der Waals surface area contributed by atoms with Crippen LogP contribution in [0.4, 0.5) is 16.4 Å². The molecule has 5 rings (SSSR count). The maximum atomic E-state index is 12.5. The summed E-state index contributed by atoms with van der Waals surface area (Å²) in [7, 11) is 0. The second kappa shape index (κ2) is 9.26. The normalized spacial score (nSPS) is 23.7. The van der Waals surface area contributed by atoms with Crippen LogP contribution in [0.3, 0.4) is 0 Å². The number of hydrogen-bond acceptors (Lipinski definition) is 8. The molecule has 10 heteroatoms. The van der Waals surface area contributed by atoms with Gasteiger partial charge in [-0.05, 0) is 48.7 Å². The van der Waals surface area contributed by atoms with Crippen molar-refractivity contribution in [2.75, 3.05) is 23.8 Å². The molecule has 0 unspecified atom stereocenters. The van der Waals surface area contributed by atoms with E-state index in [9.17, 15) is 9.59 Å². The van der Waals surface area contributed by atoms with E-state index in [4.69, 9.17) is 9.47 Å². The molecular weight excluding hydrogens is 442 g/mol. The highest BCUT2D eigenvalue weighted by atomic mass is 32.1. The van der Waals surface area contributed by atoms with E-state index in [-0.39, 0.29) is 36.1 Å². The molecule has 2 aromatic heterocycles. The minimum absolute atomic E-state index is 0.0228. The summed E-state index contributed by atoms with van der Waals surface area (Å²) < 4.78 is 11.9. The second-order valence-corrected chi connectivity index (χ2v) is 8.88. The molecule has 2 aliphatic heterocycles. The molecule has 2 amide bonds. The van der Waals surface area contributed by atoms with Gasteiger partial charge in [0.15, 0.2) is 5.78 Å². The van der Waals surface area contributed by atoms with Crippen molar-refractivity contribution in [3.05, 3.63) is 59.6 Å². The summed E-state index contributed by atoms with van der Waals surface area (Å²) in [5, 5.41) is 11.0. The second-order valence-electron chi connectivity index (χ2n) is 7.93. The number of ether oxygens (including phenoxy) is 2. The van der Waals surface area contributed by atoms with E-state index in [1.807, 2.05) is 23.6 Å². The number of rotatable bonds is 6. The summed E-state index contributed by atoms with van der Waals surface area (Å²) in [4.78, 5) is 33.9. The average Bonchev–Trinajstić information content (AvgIpc) is 3.55. The standard InChI is InChI=1S/C23H23N5O4S/c1-13(29)14-4-6-15(7-5-14)25-23(30)28-18-12-32-20-17(11-31-21(18)20)27-22-24-9-8-16(26-22)19-3-2-10-33-19/h2-10,17-18,20-21H,11-12H2,1H3,(H,24,26,27)(H2,25,28,30)/t17-,18-,20+,21+/m0/s1. The molecule has 0 bridgehead atoms. The summed E-state index contributed by atoms with van der Waals surface area (Å²) in [5.74, 6) is 0.493. The van der Waals surface area contributed by atoms with Crippen LogP contribution in [0.2, 0.25) is 0 Å². The molecule has 3 aromatic rings. The summed E-state index contributed by atoms with van der Waals surface area (Å²) in [5.41, 5.74) is 2.05. The van der Waals surface area contributed by atoms with Gasteiger partial charge < -0.3 is 25.4 Å². The van der Waals surface area contributed by atoms with E-state index < -0.39 is 0 Å². The lowest BCUT2D eigenvalue weighted by Crippen LogP contribution is -2.46. The summed E-state index contributed by atoms with van der Waals surface area (Å²) in [6.45, 7) is 2.27. The van der Waals surface area contributed by atoms with Crippen LogP contribution >= 0.6 is 11.3 Å². The van der Waals surface area contributed by atoms with Gasteiger partial charge in [0, 0.05) is 17.4 Å². The van der Waals surface area contributed by atoms with Gasteiger partial charge in [-0.15, -0.1) is 11.3 Å². The van der Waals surface area contributed by atoms with Gasteiger partial charge in [0.05, 0.1) is 35.9 Å². The number of thiophene rings is 1. The first-order valence-electron chi connectivity index (χ1n) is 10.6. The zero-order chi connectivity index (χ0) is 22.8. The van der Waals surface area contributed by atoms with Crippen LogP contribution in [0.5, 0.6) is 0 Å². The first-order chi connectivity index (χ1) is 16.1.